The summed E-state index contributed by atoms with van der Waals surface area (Å²) in [5.74, 6) is 4.65. The summed E-state index contributed by atoms with van der Waals surface area (Å²) in [6, 6.07) is 4.53. The third kappa shape index (κ3) is 3.36. The Morgan fingerprint density at radius 2 is 2.30 bits per heavy atom. The maximum atomic E-state index is 10.8. The molecule has 0 bridgehead atoms. The van der Waals surface area contributed by atoms with Gasteiger partial charge in [-0.05, 0) is 6.07 Å². The number of nitrogens with one attached hydrogen (secondary N) is 1. The number of nitrogens with zero attached hydrogens (tertiary/aromatic N) is 3. The first kappa shape index (κ1) is 14.1. The Balaban J connectivity index is 2.17. The molecule has 0 spiro atoms. The monoisotopic (exact) mass is 288 g/mol. The van der Waals surface area contributed by atoms with Gasteiger partial charge in [-0.15, -0.1) is 18.2 Å². The van der Waals surface area contributed by atoms with Crippen molar-refractivity contribution in [2.75, 3.05) is 23.4 Å². The highest BCUT2D eigenvalue weighted by atomic mass is 32.2. The first-order valence-corrected chi connectivity index (χ1v) is 7.02. The van der Waals surface area contributed by atoms with Crippen LogP contribution in [0.1, 0.15) is 0 Å². The topological polar surface area (TPSA) is 81.0 Å². The van der Waals surface area contributed by atoms with Crippen LogP contribution >= 0.6 is 11.8 Å². The Morgan fingerprint density at radius 1 is 1.45 bits per heavy atom. The van der Waals surface area contributed by atoms with Crippen molar-refractivity contribution in [3.8, 4) is 12.3 Å². The zero-order valence-electron chi connectivity index (χ0n) is 10.6. The van der Waals surface area contributed by atoms with Crippen LogP contribution in [0.5, 0.6) is 0 Å². The summed E-state index contributed by atoms with van der Waals surface area (Å²) in [4.78, 5) is 18.6. The summed E-state index contributed by atoms with van der Waals surface area (Å²) < 4.78 is 0. The lowest BCUT2D eigenvalue weighted by molar-refractivity contribution is -0.384. The van der Waals surface area contributed by atoms with Gasteiger partial charge in [0.25, 0.3) is 5.69 Å². The van der Waals surface area contributed by atoms with Crippen LogP contribution < -0.4 is 5.32 Å². The van der Waals surface area contributed by atoms with Crippen molar-refractivity contribution in [1.29, 1.82) is 0 Å². The number of terminal acetylenes is 1. The first-order chi connectivity index (χ1) is 9.72. The summed E-state index contributed by atoms with van der Waals surface area (Å²) in [6.45, 7) is 0.682. The minimum Gasteiger partial charge on any atom is -0.369 e. The zero-order valence-corrected chi connectivity index (χ0v) is 11.4. The quantitative estimate of drug-likeness (QED) is 0.380. The fourth-order valence-corrected chi connectivity index (χ4v) is 2.18. The average Bonchev–Trinajstić information content (AvgIpc) is 2.46. The van der Waals surface area contributed by atoms with Gasteiger partial charge in [-0.2, -0.15) is 0 Å². The lowest BCUT2D eigenvalue weighted by atomic mass is 10.2. The van der Waals surface area contributed by atoms with E-state index in [1.807, 2.05) is 0 Å². The highest BCUT2D eigenvalue weighted by Crippen LogP contribution is 2.24. The number of nitro groups is 1. The van der Waals surface area contributed by atoms with E-state index < -0.39 is 4.92 Å². The van der Waals surface area contributed by atoms with Crippen LogP contribution in [0.4, 0.5) is 11.5 Å². The van der Waals surface area contributed by atoms with Gasteiger partial charge in [-0.1, -0.05) is 5.92 Å². The largest absolute Gasteiger partial charge is 0.369 e. The lowest BCUT2D eigenvalue weighted by Crippen LogP contribution is -2.06. The molecule has 1 N–H and O–H groups in total. The third-order valence-electron chi connectivity index (χ3n) is 2.55. The minimum absolute atomic E-state index is 0.0251. The maximum absolute atomic E-state index is 10.8. The molecule has 1 aromatic carbocycles. The molecule has 102 valence electrons. The highest BCUT2D eigenvalue weighted by molar-refractivity contribution is 7.99. The van der Waals surface area contributed by atoms with Gasteiger partial charge in [0.1, 0.15) is 12.1 Å². The number of anilines is 1. The minimum atomic E-state index is -0.432. The smallest absolute Gasteiger partial charge is 0.270 e. The third-order valence-corrected chi connectivity index (χ3v) is 3.42. The molecule has 0 radical (unpaired) electrons. The predicted octanol–water partition coefficient (Wildman–Crippen LogP) is 2.32. The van der Waals surface area contributed by atoms with Crippen molar-refractivity contribution in [2.45, 2.75) is 0 Å². The molecule has 0 unspecified atom stereocenters. The van der Waals surface area contributed by atoms with E-state index in [0.717, 1.165) is 5.75 Å². The van der Waals surface area contributed by atoms with Crippen LogP contribution in [0, 0.1) is 22.5 Å². The Labute approximate surface area is 120 Å². The molecule has 0 aliphatic heterocycles. The Kier molecular flexibility index (Phi) is 4.74. The van der Waals surface area contributed by atoms with Crippen LogP contribution in [0.15, 0.2) is 24.5 Å². The van der Waals surface area contributed by atoms with Crippen molar-refractivity contribution in [1.82, 2.24) is 9.97 Å². The molecule has 6 nitrogen and oxygen atoms in total. The molecule has 0 aliphatic carbocycles. The molecule has 0 amide bonds. The second-order valence-corrected chi connectivity index (χ2v) is 4.97. The Hall–Kier alpha value is -2.33. The summed E-state index contributed by atoms with van der Waals surface area (Å²) in [7, 11) is 0. The first-order valence-electron chi connectivity index (χ1n) is 5.86. The fraction of sp³-hybridized carbons (Fsp3) is 0.231. The van der Waals surface area contributed by atoms with E-state index in [-0.39, 0.29) is 5.69 Å². The van der Waals surface area contributed by atoms with Crippen LogP contribution in [-0.2, 0) is 0 Å². The molecule has 0 fully saturated rings. The van der Waals surface area contributed by atoms with E-state index >= 15 is 0 Å². The molecule has 0 saturated carbocycles. The van der Waals surface area contributed by atoms with Gasteiger partial charge >= 0.3 is 0 Å². The summed E-state index contributed by atoms with van der Waals surface area (Å²) in [5, 5.41) is 14.6. The van der Waals surface area contributed by atoms with Gasteiger partial charge in [-0.25, -0.2) is 9.97 Å². The standard InChI is InChI=1S/C13H12N4O2S/c1-2-6-20-7-5-14-13-11-8-10(17(18)19)3-4-12(11)15-9-16-13/h1,3-4,8-9H,5-7H2,(H,14,15,16). The van der Waals surface area contributed by atoms with Crippen molar-refractivity contribution in [3.63, 3.8) is 0 Å². The van der Waals surface area contributed by atoms with Gasteiger partial charge in [0, 0.05) is 29.8 Å². The van der Waals surface area contributed by atoms with Crippen molar-refractivity contribution in [3.05, 3.63) is 34.6 Å². The van der Waals surface area contributed by atoms with Gasteiger partial charge in [-0.3, -0.25) is 10.1 Å². The Morgan fingerprint density at radius 3 is 3.05 bits per heavy atom. The predicted molar refractivity (Wildman–Crippen MR) is 80.8 cm³/mol. The second-order valence-electron chi connectivity index (χ2n) is 3.86. The van der Waals surface area contributed by atoms with Crippen molar-refractivity contribution < 1.29 is 4.92 Å². The average molecular weight is 288 g/mol. The molecule has 0 aliphatic rings. The van der Waals surface area contributed by atoms with Gasteiger partial charge in [0.15, 0.2) is 0 Å². The van der Waals surface area contributed by atoms with E-state index in [4.69, 9.17) is 6.42 Å². The molecular formula is C13H12N4O2S. The molecule has 0 atom stereocenters. The molecule has 20 heavy (non-hydrogen) atoms. The number of thioether (sulfide) groups is 1. The van der Waals surface area contributed by atoms with E-state index in [1.165, 1.54) is 18.5 Å². The number of hydrogen-bond donors (Lipinski definition) is 1. The van der Waals surface area contributed by atoms with Gasteiger partial charge in [0.05, 0.1) is 16.2 Å². The molecule has 0 saturated heterocycles. The van der Waals surface area contributed by atoms with E-state index in [0.29, 0.717) is 29.0 Å². The number of fused-ring (bicyclic) bond motifs is 1. The number of hydrogen-bond acceptors (Lipinski definition) is 6. The normalized spacial score (nSPS) is 10.2. The number of aromatic nitrogens is 2. The second kappa shape index (κ2) is 6.73. The van der Waals surface area contributed by atoms with E-state index in [9.17, 15) is 10.1 Å². The number of rotatable bonds is 6. The molecule has 2 rings (SSSR count). The summed E-state index contributed by atoms with van der Waals surface area (Å²) in [5.41, 5.74) is 0.696. The fourth-order valence-electron chi connectivity index (χ4n) is 1.67. The molecule has 7 heteroatoms. The molecule has 1 heterocycles. The van der Waals surface area contributed by atoms with E-state index in [2.05, 4.69) is 21.2 Å². The molecular weight excluding hydrogens is 276 g/mol. The lowest BCUT2D eigenvalue weighted by Gasteiger charge is -2.07. The highest BCUT2D eigenvalue weighted by Gasteiger charge is 2.10. The van der Waals surface area contributed by atoms with Crippen molar-refractivity contribution >= 4 is 34.2 Å². The SMILES string of the molecule is C#CCSCCNc1ncnc2ccc([N+](=O)[O-])cc12. The van der Waals surface area contributed by atoms with Crippen LogP contribution in [0.25, 0.3) is 10.9 Å². The van der Waals surface area contributed by atoms with Crippen LogP contribution in [0.2, 0.25) is 0 Å². The summed E-state index contributed by atoms with van der Waals surface area (Å²) >= 11 is 1.64. The maximum Gasteiger partial charge on any atom is 0.270 e. The zero-order chi connectivity index (χ0) is 14.4. The number of nitro benzene ring substituents is 1. The van der Waals surface area contributed by atoms with Gasteiger partial charge < -0.3 is 5.32 Å². The van der Waals surface area contributed by atoms with E-state index in [1.54, 1.807) is 17.8 Å². The number of benzene rings is 1. The summed E-state index contributed by atoms with van der Waals surface area (Å²) in [6.07, 6.45) is 6.60. The molecule has 1 aromatic heterocycles. The van der Waals surface area contributed by atoms with Crippen molar-refractivity contribution in [2.24, 2.45) is 0 Å². The number of non-ortho nitro benzene ring substituents is 1. The Bertz CT molecular complexity index is 669. The molecule has 2 aromatic rings. The van der Waals surface area contributed by atoms with Crippen LogP contribution in [-0.4, -0.2) is 32.9 Å². The van der Waals surface area contributed by atoms with Gasteiger partial charge in [0.2, 0.25) is 0 Å². The van der Waals surface area contributed by atoms with Crippen LogP contribution in [0.3, 0.4) is 0 Å².